The minimum atomic E-state index is -0.896. The average Bonchev–Trinajstić information content (AvgIpc) is 3.29. The van der Waals surface area contributed by atoms with Gasteiger partial charge in [-0.25, -0.2) is 0 Å². The van der Waals surface area contributed by atoms with E-state index in [1.807, 2.05) is 75.3 Å². The van der Waals surface area contributed by atoms with Crippen LogP contribution in [0.3, 0.4) is 0 Å². The standard InChI is InChI=1S/C26H28N4O4/c1-18(2)10-11-20-12-13-23(22(14-20)30(3)4)33-17-21(16-31)27-25(32)26-29-28-24(34-26)15-19-8-6-5-7-9-19/h5-9,12-14,16,18,21H,15,17H2,1-4H3,(H,27,32). The number of benzene rings is 2. The Morgan fingerprint density at radius 1 is 1.18 bits per heavy atom. The Morgan fingerprint density at radius 3 is 2.62 bits per heavy atom. The summed E-state index contributed by atoms with van der Waals surface area (Å²) in [5, 5.41) is 10.3. The Morgan fingerprint density at radius 2 is 1.94 bits per heavy atom. The first-order valence-corrected chi connectivity index (χ1v) is 10.9. The molecule has 8 heteroatoms. The molecule has 2 aromatic carbocycles. The molecule has 0 spiro atoms. The zero-order valence-electron chi connectivity index (χ0n) is 19.7. The monoisotopic (exact) mass is 460 g/mol. The maximum Gasteiger partial charge on any atom is 0.309 e. The van der Waals surface area contributed by atoms with E-state index in [0.29, 0.717) is 24.3 Å². The molecule has 1 heterocycles. The van der Waals surface area contributed by atoms with Gasteiger partial charge < -0.3 is 24.2 Å². The Balaban J connectivity index is 1.62. The second-order valence-corrected chi connectivity index (χ2v) is 8.19. The van der Waals surface area contributed by atoms with Crippen LogP contribution in [0.1, 0.15) is 41.6 Å². The largest absolute Gasteiger partial charge is 0.489 e. The fourth-order valence-electron chi connectivity index (χ4n) is 3.01. The summed E-state index contributed by atoms with van der Waals surface area (Å²) in [6.45, 7) is 4.01. The van der Waals surface area contributed by atoms with Gasteiger partial charge in [-0.2, -0.15) is 0 Å². The maximum absolute atomic E-state index is 12.5. The number of aromatic nitrogens is 2. The normalized spacial score (nSPS) is 11.3. The number of hydrogen-bond acceptors (Lipinski definition) is 7. The fraction of sp³-hybridized carbons (Fsp3) is 0.308. The Kier molecular flexibility index (Phi) is 8.41. The van der Waals surface area contributed by atoms with E-state index in [4.69, 9.17) is 9.15 Å². The second-order valence-electron chi connectivity index (χ2n) is 8.19. The van der Waals surface area contributed by atoms with Crippen LogP contribution in [0, 0.1) is 17.8 Å². The van der Waals surface area contributed by atoms with Crippen LogP contribution < -0.4 is 15.0 Å². The zero-order valence-corrected chi connectivity index (χ0v) is 19.7. The molecule has 1 atom stereocenters. The van der Waals surface area contributed by atoms with Gasteiger partial charge in [0.25, 0.3) is 0 Å². The molecule has 0 saturated heterocycles. The van der Waals surface area contributed by atoms with Crippen LogP contribution >= 0.6 is 0 Å². The number of anilines is 1. The van der Waals surface area contributed by atoms with Gasteiger partial charge in [-0.1, -0.05) is 56.0 Å². The van der Waals surface area contributed by atoms with E-state index in [9.17, 15) is 9.59 Å². The quantitative estimate of drug-likeness (QED) is 0.387. The highest BCUT2D eigenvalue weighted by molar-refractivity contribution is 5.91. The molecule has 0 aliphatic heterocycles. The molecule has 8 nitrogen and oxygen atoms in total. The lowest BCUT2D eigenvalue weighted by Gasteiger charge is -2.20. The lowest BCUT2D eigenvalue weighted by Crippen LogP contribution is -2.40. The highest BCUT2D eigenvalue weighted by Crippen LogP contribution is 2.28. The minimum absolute atomic E-state index is 0.0574. The average molecular weight is 461 g/mol. The van der Waals surface area contributed by atoms with Gasteiger partial charge in [0.1, 0.15) is 24.7 Å². The molecule has 3 aromatic rings. The van der Waals surface area contributed by atoms with Crippen molar-refractivity contribution in [3.8, 4) is 17.6 Å². The number of nitrogens with zero attached hydrogens (tertiary/aromatic N) is 3. The van der Waals surface area contributed by atoms with Crippen molar-refractivity contribution in [2.45, 2.75) is 26.3 Å². The molecule has 3 rings (SSSR count). The second kappa shape index (κ2) is 11.7. The number of rotatable bonds is 9. The maximum atomic E-state index is 12.5. The third-order valence-electron chi connectivity index (χ3n) is 4.70. The lowest BCUT2D eigenvalue weighted by atomic mass is 10.1. The van der Waals surface area contributed by atoms with E-state index in [2.05, 4.69) is 27.4 Å². The smallest absolute Gasteiger partial charge is 0.309 e. The topological polar surface area (TPSA) is 97.6 Å². The molecule has 1 aromatic heterocycles. The van der Waals surface area contributed by atoms with E-state index in [1.54, 1.807) is 6.07 Å². The van der Waals surface area contributed by atoms with Crippen LogP contribution in [-0.4, -0.2) is 49.1 Å². The molecule has 0 aliphatic rings. The molecule has 0 aliphatic carbocycles. The van der Waals surface area contributed by atoms with E-state index in [0.717, 1.165) is 16.8 Å². The summed E-state index contributed by atoms with van der Waals surface area (Å²) >= 11 is 0. The first-order valence-electron chi connectivity index (χ1n) is 10.9. The summed E-state index contributed by atoms with van der Waals surface area (Å²) in [6, 6.07) is 14.3. The highest BCUT2D eigenvalue weighted by Gasteiger charge is 2.20. The molecule has 1 N–H and O–H groups in total. The van der Waals surface area contributed by atoms with Gasteiger partial charge in [-0.05, 0) is 23.8 Å². The predicted octanol–water partition coefficient (Wildman–Crippen LogP) is 3.11. The van der Waals surface area contributed by atoms with Crippen LogP contribution in [0.2, 0.25) is 0 Å². The van der Waals surface area contributed by atoms with E-state index in [-0.39, 0.29) is 18.4 Å². The van der Waals surface area contributed by atoms with E-state index < -0.39 is 11.9 Å². The molecule has 0 radical (unpaired) electrons. The summed E-state index contributed by atoms with van der Waals surface area (Å²) in [7, 11) is 3.78. The minimum Gasteiger partial charge on any atom is -0.489 e. The van der Waals surface area contributed by atoms with Gasteiger partial charge in [0.05, 0.1) is 12.1 Å². The third kappa shape index (κ3) is 6.94. The molecular weight excluding hydrogens is 432 g/mol. The molecule has 1 unspecified atom stereocenters. The van der Waals surface area contributed by atoms with Crippen LogP contribution in [0.4, 0.5) is 5.69 Å². The van der Waals surface area contributed by atoms with Crippen molar-refractivity contribution >= 4 is 17.9 Å². The van der Waals surface area contributed by atoms with Crippen molar-refractivity contribution < 1.29 is 18.7 Å². The van der Waals surface area contributed by atoms with Crippen molar-refractivity contribution in [1.29, 1.82) is 0 Å². The fourth-order valence-corrected chi connectivity index (χ4v) is 3.01. The van der Waals surface area contributed by atoms with Crippen molar-refractivity contribution in [2.24, 2.45) is 5.92 Å². The Hall–Kier alpha value is -4.12. The number of carbonyl (C=O) groups excluding carboxylic acids is 2. The van der Waals surface area contributed by atoms with Gasteiger partial charge in [-0.3, -0.25) is 4.79 Å². The third-order valence-corrected chi connectivity index (χ3v) is 4.70. The molecule has 34 heavy (non-hydrogen) atoms. The Bertz CT molecular complexity index is 1180. The summed E-state index contributed by atoms with van der Waals surface area (Å²) in [5.74, 6) is 6.58. The van der Waals surface area contributed by atoms with Gasteiger partial charge in [0.15, 0.2) is 0 Å². The van der Waals surface area contributed by atoms with Gasteiger partial charge in [-0.15, -0.1) is 10.2 Å². The van der Waals surface area contributed by atoms with Gasteiger partial charge >= 0.3 is 11.8 Å². The van der Waals surface area contributed by atoms with Crippen molar-refractivity contribution in [2.75, 3.05) is 25.6 Å². The van der Waals surface area contributed by atoms with Crippen molar-refractivity contribution in [1.82, 2.24) is 15.5 Å². The molecule has 0 saturated carbocycles. The SMILES string of the molecule is CC(C)C#Cc1ccc(OCC(C=O)NC(=O)c2nnc(Cc3ccccc3)o2)c(N(C)C)c1. The number of ether oxygens (including phenoxy) is 1. The molecule has 176 valence electrons. The molecule has 0 bridgehead atoms. The highest BCUT2D eigenvalue weighted by atomic mass is 16.5. The van der Waals surface area contributed by atoms with Crippen molar-refractivity contribution in [3.05, 3.63) is 71.4 Å². The molecule has 1 amide bonds. The predicted molar refractivity (Wildman–Crippen MR) is 129 cm³/mol. The van der Waals surface area contributed by atoms with E-state index >= 15 is 0 Å². The summed E-state index contributed by atoms with van der Waals surface area (Å²) in [6.07, 6.45) is 1.02. The number of amides is 1. The summed E-state index contributed by atoms with van der Waals surface area (Å²) < 4.78 is 11.3. The number of aldehydes is 1. The Labute approximate surface area is 199 Å². The molecule has 0 fully saturated rings. The van der Waals surface area contributed by atoms with Gasteiger partial charge in [0.2, 0.25) is 5.89 Å². The zero-order chi connectivity index (χ0) is 24.5. The van der Waals surface area contributed by atoms with Gasteiger partial charge in [0, 0.05) is 25.6 Å². The first-order chi connectivity index (χ1) is 16.4. The van der Waals surface area contributed by atoms with Crippen LogP contribution in [0.5, 0.6) is 5.75 Å². The summed E-state index contributed by atoms with van der Waals surface area (Å²) in [5.41, 5.74) is 2.66. The number of carbonyl (C=O) groups is 2. The molecular formula is C26H28N4O4. The number of nitrogens with one attached hydrogen (secondary N) is 1. The number of hydrogen-bond donors (Lipinski definition) is 1. The van der Waals surface area contributed by atoms with E-state index in [1.165, 1.54) is 0 Å². The van der Waals surface area contributed by atoms with Crippen LogP contribution in [-0.2, 0) is 11.2 Å². The first kappa shape index (κ1) is 24.5. The van der Waals surface area contributed by atoms with Crippen LogP contribution in [0.15, 0.2) is 52.9 Å². The van der Waals surface area contributed by atoms with Crippen LogP contribution in [0.25, 0.3) is 0 Å². The lowest BCUT2D eigenvalue weighted by molar-refractivity contribution is -0.110. The summed E-state index contributed by atoms with van der Waals surface area (Å²) in [4.78, 5) is 26.0. The van der Waals surface area contributed by atoms with Crippen molar-refractivity contribution in [3.63, 3.8) is 0 Å².